The summed E-state index contributed by atoms with van der Waals surface area (Å²) in [6.45, 7) is 3.01. The molecule has 2 heterocycles. The molecule has 0 spiro atoms. The van der Waals surface area contributed by atoms with E-state index in [0.29, 0.717) is 18.7 Å². The molecular weight excluding hydrogens is 230 g/mol. The quantitative estimate of drug-likeness (QED) is 0.641. The average molecular weight is 247 g/mol. The largest absolute Gasteiger partial charge is 0.356 e. The fourth-order valence-corrected chi connectivity index (χ4v) is 1.61. The van der Waals surface area contributed by atoms with Crippen LogP contribution in [0.15, 0.2) is 29.5 Å². The van der Waals surface area contributed by atoms with Crippen LogP contribution in [0.25, 0.3) is 0 Å². The summed E-state index contributed by atoms with van der Waals surface area (Å²) in [5, 5.41) is 9.11. The Bertz CT molecular complexity index is 418. The minimum atomic E-state index is -0.108. The maximum absolute atomic E-state index is 11.7. The predicted octanol–water partition coefficient (Wildman–Crippen LogP) is -0.250. The van der Waals surface area contributed by atoms with E-state index in [1.807, 2.05) is 0 Å². The van der Waals surface area contributed by atoms with Gasteiger partial charge in [0, 0.05) is 38.6 Å². The van der Waals surface area contributed by atoms with Crippen molar-refractivity contribution in [2.24, 2.45) is 4.99 Å². The van der Waals surface area contributed by atoms with E-state index in [4.69, 9.17) is 0 Å². The van der Waals surface area contributed by atoms with E-state index in [1.54, 1.807) is 24.5 Å². The first-order chi connectivity index (χ1) is 8.86. The van der Waals surface area contributed by atoms with Crippen molar-refractivity contribution in [3.8, 4) is 0 Å². The van der Waals surface area contributed by atoms with E-state index in [0.717, 1.165) is 25.5 Å². The summed E-state index contributed by atoms with van der Waals surface area (Å²) in [6.07, 6.45) is 4.27. The number of nitrogens with zero attached hydrogens (tertiary/aromatic N) is 2. The molecule has 1 aromatic heterocycles. The zero-order chi connectivity index (χ0) is 12.6. The molecule has 96 valence electrons. The molecule has 6 nitrogen and oxygen atoms in total. The third-order valence-corrected chi connectivity index (χ3v) is 2.52. The van der Waals surface area contributed by atoms with Gasteiger partial charge in [-0.2, -0.15) is 0 Å². The van der Waals surface area contributed by atoms with Crippen LogP contribution in [0, 0.1) is 0 Å². The summed E-state index contributed by atoms with van der Waals surface area (Å²) in [6, 6.07) is 3.48. The van der Waals surface area contributed by atoms with E-state index in [-0.39, 0.29) is 5.91 Å². The monoisotopic (exact) mass is 247 g/mol. The molecule has 0 radical (unpaired) electrons. The van der Waals surface area contributed by atoms with Gasteiger partial charge in [-0.15, -0.1) is 0 Å². The molecule has 3 N–H and O–H groups in total. The van der Waals surface area contributed by atoms with Crippen molar-refractivity contribution in [3.05, 3.63) is 30.1 Å². The van der Waals surface area contributed by atoms with E-state index in [1.165, 1.54) is 0 Å². The SMILES string of the molecule is O=C(NCCNC1=NCCCN1)c1cccnc1. The number of guanidine groups is 1. The van der Waals surface area contributed by atoms with Gasteiger partial charge in [0.05, 0.1) is 5.56 Å². The lowest BCUT2D eigenvalue weighted by Gasteiger charge is -2.16. The zero-order valence-electron chi connectivity index (χ0n) is 10.1. The Morgan fingerprint density at radius 2 is 2.39 bits per heavy atom. The molecule has 1 aliphatic rings. The number of hydrogen-bond acceptors (Lipinski definition) is 5. The van der Waals surface area contributed by atoms with E-state index in [2.05, 4.69) is 25.9 Å². The molecule has 0 aliphatic carbocycles. The highest BCUT2D eigenvalue weighted by molar-refractivity contribution is 5.93. The Hall–Kier alpha value is -2.11. The molecule has 0 saturated heterocycles. The normalized spacial score (nSPS) is 14.3. The molecule has 2 rings (SSSR count). The van der Waals surface area contributed by atoms with Crippen molar-refractivity contribution in [1.29, 1.82) is 0 Å². The summed E-state index contributed by atoms with van der Waals surface area (Å²) in [7, 11) is 0. The number of carbonyl (C=O) groups is 1. The second-order valence-electron chi connectivity index (χ2n) is 3.94. The fourth-order valence-electron chi connectivity index (χ4n) is 1.61. The Labute approximate surface area is 106 Å². The second-order valence-corrected chi connectivity index (χ2v) is 3.94. The number of rotatable bonds is 4. The van der Waals surface area contributed by atoms with Gasteiger partial charge in [-0.25, -0.2) is 0 Å². The van der Waals surface area contributed by atoms with E-state index < -0.39 is 0 Å². The lowest BCUT2D eigenvalue weighted by molar-refractivity contribution is 0.0954. The Morgan fingerprint density at radius 3 is 3.11 bits per heavy atom. The summed E-state index contributed by atoms with van der Waals surface area (Å²) < 4.78 is 0. The van der Waals surface area contributed by atoms with Gasteiger partial charge in [0.1, 0.15) is 0 Å². The lowest BCUT2D eigenvalue weighted by Crippen LogP contribution is -2.43. The van der Waals surface area contributed by atoms with Crippen LogP contribution in [0.4, 0.5) is 0 Å². The van der Waals surface area contributed by atoms with Crippen LogP contribution in [0.5, 0.6) is 0 Å². The number of pyridine rings is 1. The molecule has 0 bridgehead atoms. The summed E-state index contributed by atoms with van der Waals surface area (Å²) in [5.74, 6) is 0.709. The highest BCUT2D eigenvalue weighted by atomic mass is 16.1. The minimum absolute atomic E-state index is 0.108. The van der Waals surface area contributed by atoms with E-state index in [9.17, 15) is 4.79 Å². The lowest BCUT2D eigenvalue weighted by atomic mass is 10.3. The van der Waals surface area contributed by atoms with Crippen molar-refractivity contribution in [3.63, 3.8) is 0 Å². The molecule has 0 atom stereocenters. The topological polar surface area (TPSA) is 78.4 Å². The van der Waals surface area contributed by atoms with Crippen molar-refractivity contribution < 1.29 is 4.79 Å². The van der Waals surface area contributed by atoms with Crippen molar-refractivity contribution in [1.82, 2.24) is 20.9 Å². The second kappa shape index (κ2) is 6.58. The highest BCUT2D eigenvalue weighted by Crippen LogP contribution is 1.94. The third kappa shape index (κ3) is 3.73. The summed E-state index contributed by atoms with van der Waals surface area (Å²) in [5.41, 5.74) is 0.575. The van der Waals surface area contributed by atoms with Crippen LogP contribution < -0.4 is 16.0 Å². The number of hydrogen-bond donors (Lipinski definition) is 3. The fraction of sp³-hybridized carbons (Fsp3) is 0.417. The summed E-state index contributed by atoms with van der Waals surface area (Å²) in [4.78, 5) is 19.8. The number of nitrogens with one attached hydrogen (secondary N) is 3. The molecule has 0 aromatic carbocycles. The van der Waals surface area contributed by atoms with Crippen LogP contribution in [0.3, 0.4) is 0 Å². The number of carbonyl (C=O) groups excluding carboxylic acids is 1. The average Bonchev–Trinajstić information content (AvgIpc) is 2.45. The number of aromatic nitrogens is 1. The molecule has 0 fully saturated rings. The van der Waals surface area contributed by atoms with Gasteiger partial charge in [-0.3, -0.25) is 14.8 Å². The van der Waals surface area contributed by atoms with Crippen molar-refractivity contribution in [2.45, 2.75) is 6.42 Å². The van der Waals surface area contributed by atoms with Gasteiger partial charge < -0.3 is 16.0 Å². The van der Waals surface area contributed by atoms with Crippen molar-refractivity contribution >= 4 is 11.9 Å². The minimum Gasteiger partial charge on any atom is -0.356 e. The van der Waals surface area contributed by atoms with Crippen LogP contribution in [-0.4, -0.2) is 43.0 Å². The first-order valence-electron chi connectivity index (χ1n) is 6.07. The zero-order valence-corrected chi connectivity index (χ0v) is 10.1. The molecule has 1 aromatic rings. The molecule has 0 unspecified atom stereocenters. The number of aliphatic imine (C=N–C) groups is 1. The Kier molecular flexibility index (Phi) is 4.52. The van der Waals surface area contributed by atoms with Gasteiger partial charge in [0.25, 0.3) is 5.91 Å². The predicted molar refractivity (Wildman–Crippen MR) is 69.5 cm³/mol. The molecule has 1 amide bonds. The van der Waals surface area contributed by atoms with Crippen LogP contribution in [-0.2, 0) is 0 Å². The maximum atomic E-state index is 11.7. The van der Waals surface area contributed by atoms with Crippen LogP contribution in [0.2, 0.25) is 0 Å². The molecular formula is C12H17N5O. The molecule has 18 heavy (non-hydrogen) atoms. The van der Waals surface area contributed by atoms with E-state index >= 15 is 0 Å². The highest BCUT2D eigenvalue weighted by Gasteiger charge is 2.05. The van der Waals surface area contributed by atoms with Crippen LogP contribution in [0.1, 0.15) is 16.8 Å². The Balaban J connectivity index is 1.66. The van der Waals surface area contributed by atoms with Crippen molar-refractivity contribution in [2.75, 3.05) is 26.2 Å². The standard InChI is InChI=1S/C12H17N5O/c18-11(10-3-1-4-13-9-10)14-7-8-17-12-15-5-2-6-16-12/h1,3-4,9H,2,5-8H2,(H,14,18)(H2,15,16,17). The van der Waals surface area contributed by atoms with Gasteiger partial charge in [0.2, 0.25) is 0 Å². The van der Waals surface area contributed by atoms with Gasteiger partial charge in [-0.1, -0.05) is 0 Å². The Morgan fingerprint density at radius 1 is 1.44 bits per heavy atom. The van der Waals surface area contributed by atoms with Gasteiger partial charge in [0.15, 0.2) is 5.96 Å². The summed E-state index contributed by atoms with van der Waals surface area (Å²) >= 11 is 0. The first kappa shape index (κ1) is 12.3. The molecule has 0 saturated carbocycles. The van der Waals surface area contributed by atoms with Crippen LogP contribution >= 0.6 is 0 Å². The van der Waals surface area contributed by atoms with Gasteiger partial charge in [-0.05, 0) is 18.6 Å². The first-order valence-corrected chi connectivity index (χ1v) is 6.07. The molecule has 1 aliphatic heterocycles. The van der Waals surface area contributed by atoms with Gasteiger partial charge >= 0.3 is 0 Å². The number of amides is 1. The molecule has 6 heteroatoms. The maximum Gasteiger partial charge on any atom is 0.252 e. The third-order valence-electron chi connectivity index (χ3n) is 2.52. The smallest absolute Gasteiger partial charge is 0.252 e.